The molecule has 0 atom stereocenters. The van der Waals surface area contributed by atoms with E-state index in [4.69, 9.17) is 4.74 Å². The summed E-state index contributed by atoms with van der Waals surface area (Å²) in [7, 11) is 1.81. The molecule has 3 rings (SSSR count). The second kappa shape index (κ2) is 7.21. The third kappa shape index (κ3) is 3.70. The number of rotatable bonds is 4. The van der Waals surface area contributed by atoms with Crippen molar-refractivity contribution in [3.05, 3.63) is 35.0 Å². The molecule has 1 N–H and O–H groups in total. The summed E-state index contributed by atoms with van der Waals surface area (Å²) in [6, 6.07) is 7.28. The minimum Gasteiger partial charge on any atom is -0.508 e. The van der Waals surface area contributed by atoms with Crippen molar-refractivity contribution in [1.82, 2.24) is 9.88 Å². The maximum Gasteiger partial charge on any atom is 0.410 e. The van der Waals surface area contributed by atoms with Gasteiger partial charge in [0.05, 0.1) is 15.6 Å². The molecule has 6 heteroatoms. The van der Waals surface area contributed by atoms with Gasteiger partial charge in [0.25, 0.3) is 0 Å². The molecule has 1 aromatic carbocycles. The fourth-order valence-corrected chi connectivity index (χ4v) is 4.01. The van der Waals surface area contributed by atoms with E-state index in [2.05, 4.69) is 4.98 Å². The summed E-state index contributed by atoms with van der Waals surface area (Å²) in [4.78, 5) is 19.4. The predicted octanol–water partition coefficient (Wildman–Crippen LogP) is 4.34. The molecule has 1 aliphatic rings. The van der Waals surface area contributed by atoms with Gasteiger partial charge < -0.3 is 14.7 Å². The highest BCUT2D eigenvalue weighted by molar-refractivity contribution is 7.15. The van der Waals surface area contributed by atoms with E-state index in [9.17, 15) is 9.90 Å². The number of aromatic hydroxyl groups is 1. The van der Waals surface area contributed by atoms with Crippen LogP contribution in [0.2, 0.25) is 0 Å². The molecule has 1 aliphatic carbocycles. The number of hydrogen-bond donors (Lipinski definition) is 1. The molecule has 1 amide bonds. The Balaban J connectivity index is 1.69. The number of thiazole rings is 1. The molecule has 1 saturated carbocycles. The first-order valence-corrected chi connectivity index (χ1v) is 9.01. The highest BCUT2D eigenvalue weighted by Gasteiger charge is 2.25. The van der Waals surface area contributed by atoms with Crippen LogP contribution >= 0.6 is 11.3 Å². The topological polar surface area (TPSA) is 62.7 Å². The van der Waals surface area contributed by atoms with E-state index in [0.29, 0.717) is 6.04 Å². The zero-order valence-corrected chi connectivity index (χ0v) is 14.8. The molecule has 0 radical (unpaired) electrons. The normalized spacial score (nSPS) is 14.8. The third-order valence-electron chi connectivity index (χ3n) is 4.43. The van der Waals surface area contributed by atoms with Crippen LogP contribution in [0, 0.1) is 6.92 Å². The van der Waals surface area contributed by atoms with E-state index >= 15 is 0 Å². The summed E-state index contributed by atoms with van der Waals surface area (Å²) in [5.74, 6) is 0.228. The van der Waals surface area contributed by atoms with E-state index in [1.807, 2.05) is 26.1 Å². The molecular formula is C18H22N2O3S. The molecular weight excluding hydrogens is 324 g/mol. The Morgan fingerprint density at radius 3 is 2.67 bits per heavy atom. The first-order valence-electron chi connectivity index (χ1n) is 8.20. The zero-order chi connectivity index (χ0) is 17.1. The lowest BCUT2D eigenvalue weighted by molar-refractivity contribution is 0.0910. The van der Waals surface area contributed by atoms with Crippen molar-refractivity contribution in [1.29, 1.82) is 0 Å². The molecule has 0 aliphatic heterocycles. The maximum absolute atomic E-state index is 12.2. The third-order valence-corrected chi connectivity index (χ3v) is 5.49. The van der Waals surface area contributed by atoms with E-state index in [0.717, 1.165) is 34.0 Å². The number of phenols is 1. The van der Waals surface area contributed by atoms with Gasteiger partial charge in [0.2, 0.25) is 0 Å². The van der Waals surface area contributed by atoms with Gasteiger partial charge in [-0.1, -0.05) is 12.8 Å². The summed E-state index contributed by atoms with van der Waals surface area (Å²) in [6.45, 7) is 2.10. The fourth-order valence-electron chi connectivity index (χ4n) is 3.08. The molecule has 24 heavy (non-hydrogen) atoms. The number of ether oxygens (including phenoxy) is 1. The van der Waals surface area contributed by atoms with Crippen molar-refractivity contribution in [3.8, 4) is 16.2 Å². The van der Waals surface area contributed by atoms with Crippen LogP contribution in [-0.4, -0.2) is 34.2 Å². The summed E-state index contributed by atoms with van der Waals surface area (Å²) in [5.41, 5.74) is 1.73. The smallest absolute Gasteiger partial charge is 0.410 e. The lowest BCUT2D eigenvalue weighted by Crippen LogP contribution is -2.35. The van der Waals surface area contributed by atoms with Crippen molar-refractivity contribution in [2.24, 2.45) is 0 Å². The second-order valence-electron chi connectivity index (χ2n) is 6.16. The molecule has 0 unspecified atom stereocenters. The van der Waals surface area contributed by atoms with Gasteiger partial charge in [-0.3, -0.25) is 0 Å². The molecule has 1 fully saturated rings. The van der Waals surface area contributed by atoms with Gasteiger partial charge in [-0.05, 0) is 49.6 Å². The molecule has 2 aromatic rings. The van der Waals surface area contributed by atoms with Crippen molar-refractivity contribution in [2.45, 2.75) is 45.3 Å². The quantitative estimate of drug-likeness (QED) is 0.895. The number of carbonyl (C=O) groups is 1. The largest absolute Gasteiger partial charge is 0.508 e. The van der Waals surface area contributed by atoms with E-state index < -0.39 is 0 Å². The number of amides is 1. The average molecular weight is 346 g/mol. The Morgan fingerprint density at radius 1 is 1.33 bits per heavy atom. The predicted molar refractivity (Wildman–Crippen MR) is 94.2 cm³/mol. The molecule has 0 spiro atoms. The molecule has 1 heterocycles. The van der Waals surface area contributed by atoms with Gasteiger partial charge >= 0.3 is 6.09 Å². The van der Waals surface area contributed by atoms with Gasteiger partial charge in [0.1, 0.15) is 12.4 Å². The fraction of sp³-hybridized carbons (Fsp3) is 0.444. The number of phenolic OH excluding ortho intramolecular Hbond substituents is 1. The minimum atomic E-state index is -0.288. The van der Waals surface area contributed by atoms with Crippen LogP contribution in [0.3, 0.4) is 0 Å². The van der Waals surface area contributed by atoms with Crippen LogP contribution in [0.15, 0.2) is 24.3 Å². The average Bonchev–Trinajstić information content (AvgIpc) is 3.22. The second-order valence-corrected chi connectivity index (χ2v) is 7.36. The minimum absolute atomic E-state index is 0.163. The first-order chi connectivity index (χ1) is 11.5. The van der Waals surface area contributed by atoms with Gasteiger partial charge in [-0.25, -0.2) is 9.78 Å². The molecule has 1 aromatic heterocycles. The van der Waals surface area contributed by atoms with Crippen molar-refractivity contribution in [2.75, 3.05) is 7.05 Å². The summed E-state index contributed by atoms with van der Waals surface area (Å²) in [5, 5.41) is 10.4. The van der Waals surface area contributed by atoms with E-state index in [1.165, 1.54) is 12.8 Å². The van der Waals surface area contributed by atoms with Crippen molar-refractivity contribution < 1.29 is 14.6 Å². The number of aryl methyl sites for hydroxylation is 1. The molecule has 0 bridgehead atoms. The van der Waals surface area contributed by atoms with Crippen LogP contribution in [0.4, 0.5) is 4.79 Å². The van der Waals surface area contributed by atoms with Crippen LogP contribution in [0.25, 0.3) is 10.4 Å². The van der Waals surface area contributed by atoms with Gasteiger partial charge in [0.15, 0.2) is 0 Å². The molecule has 128 valence electrons. The highest BCUT2D eigenvalue weighted by Crippen LogP contribution is 2.32. The van der Waals surface area contributed by atoms with Crippen molar-refractivity contribution >= 4 is 17.4 Å². The Morgan fingerprint density at radius 2 is 2.00 bits per heavy atom. The highest BCUT2D eigenvalue weighted by atomic mass is 32.1. The number of aromatic nitrogens is 1. The van der Waals surface area contributed by atoms with Crippen LogP contribution < -0.4 is 0 Å². The number of carbonyl (C=O) groups excluding carboxylic acids is 1. The van der Waals surface area contributed by atoms with E-state index in [-0.39, 0.29) is 18.4 Å². The maximum atomic E-state index is 12.2. The van der Waals surface area contributed by atoms with Crippen molar-refractivity contribution in [3.63, 3.8) is 0 Å². The number of nitrogens with zero attached hydrogens (tertiary/aromatic N) is 2. The van der Waals surface area contributed by atoms with Gasteiger partial charge in [0, 0.05) is 13.1 Å². The zero-order valence-electron chi connectivity index (χ0n) is 14.0. The van der Waals surface area contributed by atoms with Crippen LogP contribution in [0.5, 0.6) is 5.75 Å². The van der Waals surface area contributed by atoms with Gasteiger partial charge in [-0.2, -0.15) is 0 Å². The standard InChI is InChI=1S/C18H22N2O3S/c1-12-19-16(17(24-12)13-7-9-15(21)10-8-13)11-23-18(22)20(2)14-5-3-4-6-14/h7-10,14,21H,3-6,11H2,1-2H3. The van der Waals surface area contributed by atoms with Crippen LogP contribution in [0.1, 0.15) is 36.4 Å². The first kappa shape index (κ1) is 16.8. The van der Waals surface area contributed by atoms with Gasteiger partial charge in [-0.15, -0.1) is 11.3 Å². The number of benzene rings is 1. The number of hydrogen-bond acceptors (Lipinski definition) is 5. The summed E-state index contributed by atoms with van der Waals surface area (Å²) < 4.78 is 5.48. The van der Waals surface area contributed by atoms with E-state index in [1.54, 1.807) is 28.4 Å². The lowest BCUT2D eigenvalue weighted by Gasteiger charge is -2.23. The molecule has 5 nitrogen and oxygen atoms in total. The monoisotopic (exact) mass is 346 g/mol. The Kier molecular flexibility index (Phi) is 5.04. The van der Waals surface area contributed by atoms with Crippen LogP contribution in [-0.2, 0) is 11.3 Å². The summed E-state index contributed by atoms with van der Waals surface area (Å²) in [6.07, 6.45) is 4.18. The molecule has 0 saturated heterocycles. The Bertz CT molecular complexity index is 706. The Labute approximate surface area is 145 Å². The SMILES string of the molecule is Cc1nc(COC(=O)N(C)C2CCCC2)c(-c2ccc(O)cc2)s1. The lowest BCUT2D eigenvalue weighted by atomic mass is 10.1. The Hall–Kier alpha value is -2.08. The summed E-state index contributed by atoms with van der Waals surface area (Å²) >= 11 is 1.56.